The van der Waals surface area contributed by atoms with Crippen LogP contribution in [0, 0.1) is 5.41 Å². The fourth-order valence-corrected chi connectivity index (χ4v) is 1.56. The van der Waals surface area contributed by atoms with Crippen LogP contribution >= 0.6 is 0 Å². The number of alkyl halides is 3. The summed E-state index contributed by atoms with van der Waals surface area (Å²) in [7, 11) is 0. The number of benzene rings is 1. The number of aliphatic hydroxyl groups is 1. The summed E-state index contributed by atoms with van der Waals surface area (Å²) in [4.78, 5) is 0. The highest BCUT2D eigenvalue weighted by atomic mass is 19.4. The second-order valence-electron chi connectivity index (χ2n) is 5.25. The van der Waals surface area contributed by atoms with Gasteiger partial charge in [-0.3, -0.25) is 0 Å². The summed E-state index contributed by atoms with van der Waals surface area (Å²) in [5, 5.41) is 10.1. The first-order valence-corrected chi connectivity index (χ1v) is 6.17. The van der Waals surface area contributed by atoms with E-state index in [0.717, 1.165) is 12.0 Å². The molecule has 0 saturated carbocycles. The predicted octanol–water partition coefficient (Wildman–Crippen LogP) is 3.92. The van der Waals surface area contributed by atoms with Crippen molar-refractivity contribution in [2.45, 2.75) is 46.1 Å². The summed E-state index contributed by atoms with van der Waals surface area (Å²) in [5.41, 5.74) is 0.560. The molecule has 1 N–H and O–H groups in total. The van der Waals surface area contributed by atoms with Crippen molar-refractivity contribution in [2.24, 2.45) is 5.41 Å². The first-order valence-electron chi connectivity index (χ1n) is 6.17. The van der Waals surface area contributed by atoms with E-state index < -0.39 is 12.5 Å². The van der Waals surface area contributed by atoms with Crippen LogP contribution in [-0.2, 0) is 6.42 Å². The summed E-state index contributed by atoms with van der Waals surface area (Å²) in [6.07, 6.45) is -3.98. The quantitative estimate of drug-likeness (QED) is 0.883. The molecule has 0 aliphatic rings. The van der Waals surface area contributed by atoms with Crippen molar-refractivity contribution >= 4 is 0 Å². The summed E-state index contributed by atoms with van der Waals surface area (Å²) in [5.74, 6) is -0.250. The Morgan fingerprint density at radius 3 is 2.11 bits per heavy atom. The molecule has 0 heterocycles. The van der Waals surface area contributed by atoms with Crippen molar-refractivity contribution in [3.63, 3.8) is 0 Å². The van der Waals surface area contributed by atoms with Crippen LogP contribution in [0.4, 0.5) is 13.2 Å². The zero-order valence-electron chi connectivity index (χ0n) is 11.3. The van der Waals surface area contributed by atoms with Crippen molar-refractivity contribution in [3.05, 3.63) is 29.8 Å². The highest BCUT2D eigenvalue weighted by Crippen LogP contribution is 2.28. The van der Waals surface area contributed by atoms with Crippen LogP contribution in [0.15, 0.2) is 24.3 Å². The normalized spacial score (nSPS) is 14.3. The summed E-state index contributed by atoms with van der Waals surface area (Å²) in [6, 6.07) is 5.59. The minimum Gasteiger partial charge on any atom is -0.406 e. The van der Waals surface area contributed by atoms with Crippen molar-refractivity contribution in [1.29, 1.82) is 0 Å². The Hall–Kier alpha value is -1.23. The molecule has 0 radical (unpaired) electrons. The van der Waals surface area contributed by atoms with Crippen LogP contribution in [0.2, 0.25) is 0 Å². The molecule has 0 bridgehead atoms. The molecule has 0 spiro atoms. The van der Waals surface area contributed by atoms with E-state index in [2.05, 4.69) is 4.74 Å². The van der Waals surface area contributed by atoms with E-state index in [1.54, 1.807) is 0 Å². The molecule has 0 aliphatic carbocycles. The Morgan fingerprint density at radius 1 is 1.16 bits per heavy atom. The molecule has 0 amide bonds. The Bertz CT molecular complexity index is 396. The van der Waals surface area contributed by atoms with Gasteiger partial charge in [0.25, 0.3) is 0 Å². The van der Waals surface area contributed by atoms with Crippen molar-refractivity contribution in [3.8, 4) is 5.75 Å². The van der Waals surface area contributed by atoms with Gasteiger partial charge >= 0.3 is 6.36 Å². The molecular formula is C14H19F3O2. The Morgan fingerprint density at radius 2 is 1.68 bits per heavy atom. The smallest absolute Gasteiger partial charge is 0.406 e. The van der Waals surface area contributed by atoms with Crippen LogP contribution in [0.3, 0.4) is 0 Å². The molecular weight excluding hydrogens is 257 g/mol. The van der Waals surface area contributed by atoms with E-state index in [-0.39, 0.29) is 11.2 Å². The molecule has 5 heteroatoms. The van der Waals surface area contributed by atoms with E-state index in [4.69, 9.17) is 0 Å². The summed E-state index contributed by atoms with van der Waals surface area (Å²) < 4.78 is 39.8. The molecule has 0 aliphatic heterocycles. The maximum Gasteiger partial charge on any atom is 0.573 e. The Labute approximate surface area is 111 Å². The molecule has 108 valence electrons. The Balaban J connectivity index is 2.67. The number of aliphatic hydroxyl groups excluding tert-OH is 1. The van der Waals surface area contributed by atoms with Crippen molar-refractivity contribution in [2.75, 3.05) is 0 Å². The lowest BCUT2D eigenvalue weighted by Gasteiger charge is -2.29. The highest BCUT2D eigenvalue weighted by molar-refractivity contribution is 5.28. The minimum absolute atomic E-state index is 0.221. The molecule has 1 rings (SSSR count). The lowest BCUT2D eigenvalue weighted by atomic mass is 9.81. The van der Waals surface area contributed by atoms with E-state index in [0.29, 0.717) is 6.42 Å². The van der Waals surface area contributed by atoms with Gasteiger partial charge in [-0.15, -0.1) is 13.2 Å². The van der Waals surface area contributed by atoms with Crippen LogP contribution in [0.5, 0.6) is 5.75 Å². The van der Waals surface area contributed by atoms with E-state index in [1.165, 1.54) is 24.3 Å². The summed E-state index contributed by atoms with van der Waals surface area (Å²) in [6.45, 7) is 5.90. The monoisotopic (exact) mass is 276 g/mol. The molecule has 19 heavy (non-hydrogen) atoms. The van der Waals surface area contributed by atoms with Gasteiger partial charge in [0, 0.05) is 0 Å². The van der Waals surface area contributed by atoms with Gasteiger partial charge in [0.05, 0.1) is 6.10 Å². The molecule has 1 unspecified atom stereocenters. The van der Waals surface area contributed by atoms with Gasteiger partial charge in [-0.2, -0.15) is 0 Å². The van der Waals surface area contributed by atoms with E-state index >= 15 is 0 Å². The van der Waals surface area contributed by atoms with Gasteiger partial charge in [0.15, 0.2) is 0 Å². The standard InChI is InChI=1S/C14H19F3O2/c1-4-13(2,3)12(18)9-10-5-7-11(8-6-10)19-14(15,16)17/h5-8,12,18H,4,9H2,1-3H3. The van der Waals surface area contributed by atoms with Crippen molar-refractivity contribution in [1.82, 2.24) is 0 Å². The fraction of sp³-hybridized carbons (Fsp3) is 0.571. The molecule has 1 aromatic rings. The molecule has 1 aromatic carbocycles. The van der Waals surface area contributed by atoms with Gasteiger partial charge in [-0.05, 0) is 36.0 Å². The number of hydrogen-bond donors (Lipinski definition) is 1. The van der Waals surface area contributed by atoms with Crippen LogP contribution in [0.25, 0.3) is 0 Å². The number of halogens is 3. The first kappa shape index (κ1) is 15.8. The van der Waals surface area contributed by atoms with Crippen LogP contribution in [-0.4, -0.2) is 17.6 Å². The maximum absolute atomic E-state index is 12.0. The predicted molar refractivity (Wildman–Crippen MR) is 66.9 cm³/mol. The van der Waals surface area contributed by atoms with Gasteiger partial charge in [0.1, 0.15) is 5.75 Å². The number of hydrogen-bond acceptors (Lipinski definition) is 2. The van der Waals surface area contributed by atoms with Crippen LogP contribution in [0.1, 0.15) is 32.8 Å². The fourth-order valence-electron chi connectivity index (χ4n) is 1.56. The minimum atomic E-state index is -4.68. The zero-order chi connectivity index (χ0) is 14.7. The second kappa shape index (κ2) is 5.82. The molecule has 2 nitrogen and oxygen atoms in total. The Kier molecular flexibility index (Phi) is 4.85. The average molecular weight is 276 g/mol. The van der Waals surface area contributed by atoms with Gasteiger partial charge in [-0.25, -0.2) is 0 Å². The van der Waals surface area contributed by atoms with Crippen molar-refractivity contribution < 1.29 is 23.0 Å². The first-order chi connectivity index (χ1) is 8.64. The topological polar surface area (TPSA) is 29.5 Å². The highest BCUT2D eigenvalue weighted by Gasteiger charge is 2.31. The number of rotatable bonds is 5. The molecule has 0 aromatic heterocycles. The van der Waals surface area contributed by atoms with Crippen LogP contribution < -0.4 is 4.74 Å². The number of ether oxygens (including phenoxy) is 1. The molecule has 1 atom stereocenters. The lowest BCUT2D eigenvalue weighted by molar-refractivity contribution is -0.274. The average Bonchev–Trinajstić information content (AvgIpc) is 2.29. The second-order valence-corrected chi connectivity index (χ2v) is 5.25. The SMILES string of the molecule is CCC(C)(C)C(O)Cc1ccc(OC(F)(F)F)cc1. The van der Waals surface area contributed by atoms with E-state index in [1.807, 2.05) is 20.8 Å². The largest absolute Gasteiger partial charge is 0.573 e. The maximum atomic E-state index is 12.0. The molecule has 0 saturated heterocycles. The van der Waals surface area contributed by atoms with Gasteiger partial charge in [0.2, 0.25) is 0 Å². The van der Waals surface area contributed by atoms with Gasteiger partial charge < -0.3 is 9.84 Å². The third-order valence-electron chi connectivity index (χ3n) is 3.40. The third-order valence-corrected chi connectivity index (χ3v) is 3.40. The zero-order valence-corrected chi connectivity index (χ0v) is 11.3. The molecule has 0 fully saturated rings. The lowest BCUT2D eigenvalue weighted by Crippen LogP contribution is -2.30. The third kappa shape index (κ3) is 5.11. The summed E-state index contributed by atoms with van der Waals surface area (Å²) >= 11 is 0. The van der Waals surface area contributed by atoms with Gasteiger partial charge in [-0.1, -0.05) is 32.9 Å². The van der Waals surface area contributed by atoms with E-state index in [9.17, 15) is 18.3 Å².